The Balaban J connectivity index is 1.57. The molecule has 0 radical (unpaired) electrons. The van der Waals surface area contributed by atoms with E-state index in [9.17, 15) is 14.0 Å². The summed E-state index contributed by atoms with van der Waals surface area (Å²) >= 11 is 0. The maximum absolute atomic E-state index is 13.9. The Bertz CT molecular complexity index is 1260. The zero-order chi connectivity index (χ0) is 20.4. The molecule has 0 fully saturated rings. The van der Waals surface area contributed by atoms with Gasteiger partial charge in [0.2, 0.25) is 5.91 Å². The van der Waals surface area contributed by atoms with E-state index in [1.54, 1.807) is 24.3 Å². The van der Waals surface area contributed by atoms with Crippen LogP contribution in [0, 0.1) is 12.7 Å². The molecule has 8 nitrogen and oxygen atoms in total. The largest absolute Gasteiger partial charge is 0.324 e. The van der Waals surface area contributed by atoms with E-state index in [0.717, 1.165) is 10.1 Å². The molecule has 1 N–H and O–H groups in total. The molecule has 0 aliphatic heterocycles. The lowest BCUT2D eigenvalue weighted by Gasteiger charge is -2.09. The van der Waals surface area contributed by atoms with Crippen LogP contribution in [0.1, 0.15) is 11.1 Å². The van der Waals surface area contributed by atoms with Crippen molar-refractivity contribution < 1.29 is 9.18 Å². The molecule has 2 heterocycles. The molecule has 0 saturated carbocycles. The number of benzene rings is 2. The van der Waals surface area contributed by atoms with Crippen LogP contribution < -0.4 is 10.9 Å². The average molecular weight is 392 g/mol. The molecule has 0 aliphatic rings. The first kappa shape index (κ1) is 18.5. The minimum Gasteiger partial charge on any atom is -0.324 e. The molecule has 0 saturated heterocycles. The fraction of sp³-hybridized carbons (Fsp3) is 0.150. The maximum Gasteiger partial charge on any atom is 0.283 e. The Hall–Kier alpha value is -3.88. The number of nitrogens with zero attached hydrogens (tertiary/aromatic N) is 5. The van der Waals surface area contributed by atoms with Crippen LogP contribution in [-0.2, 0) is 17.9 Å². The molecular formula is C20H17FN6O2. The van der Waals surface area contributed by atoms with Gasteiger partial charge in [-0.1, -0.05) is 41.6 Å². The van der Waals surface area contributed by atoms with Crippen LogP contribution in [-0.4, -0.2) is 30.5 Å². The molecule has 9 heteroatoms. The summed E-state index contributed by atoms with van der Waals surface area (Å²) in [5, 5.41) is 10.6. The first-order valence-electron chi connectivity index (χ1n) is 8.90. The van der Waals surface area contributed by atoms with Crippen LogP contribution in [0.5, 0.6) is 0 Å². The van der Waals surface area contributed by atoms with Crippen LogP contribution in [0.25, 0.3) is 11.2 Å². The van der Waals surface area contributed by atoms with Gasteiger partial charge in [-0.25, -0.2) is 14.1 Å². The Morgan fingerprint density at radius 1 is 1.14 bits per heavy atom. The van der Waals surface area contributed by atoms with Gasteiger partial charge in [-0.2, -0.15) is 0 Å². The van der Waals surface area contributed by atoms with E-state index in [2.05, 4.69) is 20.6 Å². The fourth-order valence-corrected chi connectivity index (χ4v) is 2.95. The van der Waals surface area contributed by atoms with E-state index in [4.69, 9.17) is 0 Å². The normalized spacial score (nSPS) is 11.0. The van der Waals surface area contributed by atoms with Crippen molar-refractivity contribution in [2.24, 2.45) is 0 Å². The van der Waals surface area contributed by atoms with E-state index in [0.29, 0.717) is 11.3 Å². The third-order valence-corrected chi connectivity index (χ3v) is 4.50. The number of hydrogen-bond acceptors (Lipinski definition) is 5. The van der Waals surface area contributed by atoms with Crippen molar-refractivity contribution in [3.63, 3.8) is 0 Å². The first-order chi connectivity index (χ1) is 14.0. The van der Waals surface area contributed by atoms with Gasteiger partial charge in [0.05, 0.1) is 6.54 Å². The van der Waals surface area contributed by atoms with E-state index < -0.39 is 5.56 Å². The molecule has 2 aromatic carbocycles. The summed E-state index contributed by atoms with van der Waals surface area (Å²) in [7, 11) is 0. The highest BCUT2D eigenvalue weighted by atomic mass is 19.1. The molecule has 2 aromatic heterocycles. The molecule has 4 aromatic rings. The number of anilines is 1. The third kappa shape index (κ3) is 3.75. The number of carbonyl (C=O) groups is 1. The van der Waals surface area contributed by atoms with Crippen LogP contribution in [0.4, 0.5) is 10.1 Å². The van der Waals surface area contributed by atoms with Gasteiger partial charge in [0.1, 0.15) is 18.7 Å². The molecule has 4 rings (SSSR count). The van der Waals surface area contributed by atoms with Crippen molar-refractivity contribution in [3.8, 4) is 0 Å². The number of aryl methyl sites for hydroxylation is 1. The topological polar surface area (TPSA) is 94.7 Å². The molecule has 146 valence electrons. The van der Waals surface area contributed by atoms with Crippen LogP contribution in [0.2, 0.25) is 0 Å². The molecular weight excluding hydrogens is 375 g/mol. The smallest absolute Gasteiger partial charge is 0.283 e. The summed E-state index contributed by atoms with van der Waals surface area (Å²) in [6, 6.07) is 13.6. The number of aromatic nitrogens is 5. The van der Waals surface area contributed by atoms with Crippen LogP contribution in [0.15, 0.2) is 59.7 Å². The average Bonchev–Trinajstić information content (AvgIpc) is 3.11. The monoisotopic (exact) mass is 392 g/mol. The van der Waals surface area contributed by atoms with Crippen molar-refractivity contribution in [1.82, 2.24) is 24.5 Å². The van der Waals surface area contributed by atoms with Crippen LogP contribution >= 0.6 is 0 Å². The summed E-state index contributed by atoms with van der Waals surface area (Å²) in [5.74, 6) is -0.737. The molecule has 0 spiro atoms. The van der Waals surface area contributed by atoms with Gasteiger partial charge in [0.15, 0.2) is 11.2 Å². The third-order valence-electron chi connectivity index (χ3n) is 4.50. The van der Waals surface area contributed by atoms with Crippen molar-refractivity contribution >= 4 is 22.8 Å². The van der Waals surface area contributed by atoms with E-state index in [1.807, 2.05) is 25.1 Å². The SMILES string of the molecule is Cc1ccccc1NC(=O)Cn1cnc2c(nnn2Cc2ccccc2F)c1=O. The Labute approximate surface area is 164 Å². The van der Waals surface area contributed by atoms with Gasteiger partial charge in [0, 0.05) is 11.3 Å². The number of nitrogens with one attached hydrogen (secondary N) is 1. The highest BCUT2D eigenvalue weighted by Crippen LogP contribution is 2.13. The van der Waals surface area contributed by atoms with E-state index >= 15 is 0 Å². The fourth-order valence-electron chi connectivity index (χ4n) is 2.95. The number of para-hydroxylation sites is 1. The summed E-state index contributed by atoms with van der Waals surface area (Å²) in [5.41, 5.74) is 1.76. The number of fused-ring (bicyclic) bond motifs is 1. The highest BCUT2D eigenvalue weighted by molar-refractivity contribution is 5.91. The molecule has 0 unspecified atom stereocenters. The second-order valence-electron chi connectivity index (χ2n) is 6.55. The Kier molecular flexibility index (Phi) is 4.86. The lowest BCUT2D eigenvalue weighted by molar-refractivity contribution is -0.116. The van der Waals surface area contributed by atoms with Gasteiger partial charge < -0.3 is 5.32 Å². The van der Waals surface area contributed by atoms with Gasteiger partial charge >= 0.3 is 0 Å². The second kappa shape index (κ2) is 7.63. The van der Waals surface area contributed by atoms with Gasteiger partial charge in [-0.3, -0.25) is 14.2 Å². The molecule has 0 atom stereocenters. The first-order valence-corrected chi connectivity index (χ1v) is 8.90. The molecule has 0 aliphatic carbocycles. The number of rotatable bonds is 5. The van der Waals surface area contributed by atoms with Crippen molar-refractivity contribution in [3.05, 3.63) is 82.2 Å². The highest BCUT2D eigenvalue weighted by Gasteiger charge is 2.15. The quantitative estimate of drug-likeness (QED) is 0.561. The number of hydrogen-bond donors (Lipinski definition) is 1. The lowest BCUT2D eigenvalue weighted by atomic mass is 10.2. The minimum atomic E-state index is -0.491. The van der Waals surface area contributed by atoms with Crippen molar-refractivity contribution in [1.29, 1.82) is 0 Å². The summed E-state index contributed by atoms with van der Waals surface area (Å²) in [6.07, 6.45) is 1.27. The predicted molar refractivity (Wildman–Crippen MR) is 105 cm³/mol. The Morgan fingerprint density at radius 2 is 1.90 bits per heavy atom. The van der Waals surface area contributed by atoms with Crippen molar-refractivity contribution in [2.75, 3.05) is 5.32 Å². The van der Waals surface area contributed by atoms with Gasteiger partial charge in [-0.05, 0) is 24.6 Å². The van der Waals surface area contributed by atoms with E-state index in [1.165, 1.54) is 17.1 Å². The lowest BCUT2D eigenvalue weighted by Crippen LogP contribution is -2.28. The minimum absolute atomic E-state index is 0.0209. The van der Waals surface area contributed by atoms with Crippen LogP contribution in [0.3, 0.4) is 0 Å². The summed E-state index contributed by atoms with van der Waals surface area (Å²) in [6.45, 7) is 1.76. The van der Waals surface area contributed by atoms with E-state index in [-0.39, 0.29) is 36.0 Å². The Morgan fingerprint density at radius 3 is 2.69 bits per heavy atom. The second-order valence-corrected chi connectivity index (χ2v) is 6.55. The zero-order valence-corrected chi connectivity index (χ0v) is 15.5. The van der Waals surface area contributed by atoms with Gasteiger partial charge in [-0.15, -0.1) is 5.10 Å². The summed E-state index contributed by atoms with van der Waals surface area (Å²) < 4.78 is 16.4. The van der Waals surface area contributed by atoms with Crippen molar-refractivity contribution in [2.45, 2.75) is 20.0 Å². The molecule has 1 amide bonds. The standard InChI is InChI=1S/C20H17FN6O2/c1-13-6-2-5-9-16(13)23-17(28)11-26-12-22-19-18(20(26)29)24-25-27(19)10-14-7-3-4-8-15(14)21/h2-9,12H,10-11H2,1H3,(H,23,28). The number of halogens is 1. The zero-order valence-electron chi connectivity index (χ0n) is 15.5. The molecule has 29 heavy (non-hydrogen) atoms. The predicted octanol–water partition coefficient (Wildman–Crippen LogP) is 2.12. The maximum atomic E-state index is 13.9. The summed E-state index contributed by atoms with van der Waals surface area (Å²) in [4.78, 5) is 29.2. The number of carbonyl (C=O) groups excluding carboxylic acids is 1. The number of amides is 1. The molecule has 0 bridgehead atoms. The van der Waals surface area contributed by atoms with Gasteiger partial charge in [0.25, 0.3) is 5.56 Å².